The first-order chi connectivity index (χ1) is 14.3. The lowest BCUT2D eigenvalue weighted by Gasteiger charge is -2.22. The lowest BCUT2D eigenvalue weighted by atomic mass is 9.99. The Hall–Kier alpha value is -2.84. The SMILES string of the molecule is COc1ccc(C2=NN(S(C)(=O)=O)[C@@H](c3cc4ccc(OC)cc4nc3Cl)C2)cc1. The van der Waals surface area contributed by atoms with Crippen LogP contribution in [0.2, 0.25) is 5.15 Å². The third-order valence-electron chi connectivity index (χ3n) is 5.00. The summed E-state index contributed by atoms with van der Waals surface area (Å²) in [5.74, 6) is 1.38. The first-order valence-corrected chi connectivity index (χ1v) is 11.4. The Morgan fingerprint density at radius 3 is 2.33 bits per heavy atom. The van der Waals surface area contributed by atoms with Crippen LogP contribution in [0.25, 0.3) is 10.9 Å². The lowest BCUT2D eigenvalue weighted by molar-refractivity contribution is 0.374. The van der Waals surface area contributed by atoms with Gasteiger partial charge in [-0.1, -0.05) is 11.6 Å². The zero-order valence-corrected chi connectivity index (χ0v) is 18.2. The highest BCUT2D eigenvalue weighted by Gasteiger charge is 2.36. The van der Waals surface area contributed by atoms with E-state index < -0.39 is 16.1 Å². The van der Waals surface area contributed by atoms with Crippen LogP contribution in [0.5, 0.6) is 11.5 Å². The third kappa shape index (κ3) is 3.80. The first-order valence-electron chi connectivity index (χ1n) is 9.15. The van der Waals surface area contributed by atoms with Crippen LogP contribution in [0.3, 0.4) is 0 Å². The number of pyridine rings is 1. The fourth-order valence-electron chi connectivity index (χ4n) is 3.48. The van der Waals surface area contributed by atoms with Gasteiger partial charge in [-0.15, -0.1) is 0 Å². The van der Waals surface area contributed by atoms with E-state index in [0.717, 1.165) is 21.6 Å². The molecule has 1 aromatic heterocycles. The van der Waals surface area contributed by atoms with Gasteiger partial charge in [0.1, 0.15) is 16.7 Å². The van der Waals surface area contributed by atoms with Crippen molar-refractivity contribution >= 4 is 38.2 Å². The minimum absolute atomic E-state index is 0.237. The summed E-state index contributed by atoms with van der Waals surface area (Å²) in [5.41, 5.74) is 2.75. The molecule has 0 spiro atoms. The molecule has 0 radical (unpaired) electrons. The van der Waals surface area contributed by atoms with Gasteiger partial charge >= 0.3 is 0 Å². The summed E-state index contributed by atoms with van der Waals surface area (Å²) in [6, 6.07) is 14.1. The molecule has 0 fully saturated rings. The summed E-state index contributed by atoms with van der Waals surface area (Å²) in [4.78, 5) is 4.46. The van der Waals surface area contributed by atoms with Crippen molar-refractivity contribution in [2.75, 3.05) is 20.5 Å². The van der Waals surface area contributed by atoms with Crippen LogP contribution in [0, 0.1) is 0 Å². The number of fused-ring (bicyclic) bond motifs is 1. The van der Waals surface area contributed by atoms with E-state index in [1.807, 2.05) is 42.5 Å². The van der Waals surface area contributed by atoms with Crippen LogP contribution < -0.4 is 9.47 Å². The minimum Gasteiger partial charge on any atom is -0.497 e. The van der Waals surface area contributed by atoms with Gasteiger partial charge in [0.25, 0.3) is 0 Å². The molecule has 4 rings (SSSR count). The first kappa shape index (κ1) is 20.4. The van der Waals surface area contributed by atoms with Crippen molar-refractivity contribution in [2.24, 2.45) is 5.10 Å². The number of hydrogen-bond acceptors (Lipinski definition) is 6. The monoisotopic (exact) mass is 445 g/mol. The number of rotatable bonds is 5. The largest absolute Gasteiger partial charge is 0.497 e. The number of methoxy groups -OCH3 is 2. The van der Waals surface area contributed by atoms with Gasteiger partial charge in [0.15, 0.2) is 0 Å². The quantitative estimate of drug-likeness (QED) is 0.554. The summed E-state index contributed by atoms with van der Waals surface area (Å²) < 4.78 is 36.5. The van der Waals surface area contributed by atoms with Crippen LogP contribution >= 0.6 is 11.6 Å². The highest BCUT2D eigenvalue weighted by atomic mass is 35.5. The lowest BCUT2D eigenvalue weighted by Crippen LogP contribution is -2.26. The normalized spacial score (nSPS) is 16.6. The van der Waals surface area contributed by atoms with Crippen molar-refractivity contribution in [3.05, 3.63) is 64.8 Å². The summed E-state index contributed by atoms with van der Waals surface area (Å²) in [5, 5.41) is 5.48. The number of ether oxygens (including phenoxy) is 2. The van der Waals surface area contributed by atoms with E-state index >= 15 is 0 Å². The summed E-state index contributed by atoms with van der Waals surface area (Å²) in [7, 11) is -0.447. The van der Waals surface area contributed by atoms with Crippen molar-refractivity contribution in [3.8, 4) is 11.5 Å². The van der Waals surface area contributed by atoms with Gasteiger partial charge in [-0.3, -0.25) is 0 Å². The second-order valence-corrected chi connectivity index (χ2v) is 9.16. The second-order valence-electron chi connectivity index (χ2n) is 6.96. The smallest absolute Gasteiger partial charge is 0.247 e. The Morgan fingerprint density at radius 2 is 1.70 bits per heavy atom. The maximum Gasteiger partial charge on any atom is 0.247 e. The average molecular weight is 446 g/mol. The van der Waals surface area contributed by atoms with Gasteiger partial charge in [-0.05, 0) is 48.0 Å². The van der Waals surface area contributed by atoms with Crippen LogP contribution in [-0.2, 0) is 10.0 Å². The van der Waals surface area contributed by atoms with Gasteiger partial charge in [-0.2, -0.15) is 9.52 Å². The number of halogens is 1. The standard InChI is InChI=1S/C21H20ClN3O4S/c1-28-15-7-4-13(5-8-15)19-12-20(25(24-19)30(3,26)27)17-10-14-6-9-16(29-2)11-18(14)23-21(17)22/h4-11,20H,12H2,1-3H3/t20-/m1/s1. The van der Waals surface area contributed by atoms with Gasteiger partial charge < -0.3 is 9.47 Å². The number of nitrogens with zero attached hydrogens (tertiary/aromatic N) is 3. The van der Waals surface area contributed by atoms with E-state index in [-0.39, 0.29) is 5.15 Å². The van der Waals surface area contributed by atoms with E-state index in [4.69, 9.17) is 21.1 Å². The van der Waals surface area contributed by atoms with E-state index in [0.29, 0.717) is 34.7 Å². The average Bonchev–Trinajstić information content (AvgIpc) is 3.18. The molecule has 0 saturated heterocycles. The highest BCUT2D eigenvalue weighted by Crippen LogP contribution is 2.39. The molecule has 0 saturated carbocycles. The van der Waals surface area contributed by atoms with Crippen molar-refractivity contribution < 1.29 is 17.9 Å². The highest BCUT2D eigenvalue weighted by molar-refractivity contribution is 7.88. The maximum atomic E-state index is 12.5. The zero-order valence-electron chi connectivity index (χ0n) is 16.7. The molecule has 0 aliphatic carbocycles. The molecule has 1 aliphatic rings. The predicted molar refractivity (Wildman–Crippen MR) is 117 cm³/mol. The molecule has 2 heterocycles. The molecule has 3 aromatic rings. The number of hydrazone groups is 1. The van der Waals surface area contributed by atoms with Crippen LogP contribution in [0.15, 0.2) is 53.6 Å². The Labute approximate surface area is 179 Å². The van der Waals surface area contributed by atoms with Gasteiger partial charge in [0.05, 0.1) is 37.7 Å². The fraction of sp³-hybridized carbons (Fsp3) is 0.238. The number of aromatic nitrogens is 1. The summed E-state index contributed by atoms with van der Waals surface area (Å²) in [6.07, 6.45) is 1.51. The van der Waals surface area contributed by atoms with Crippen LogP contribution in [-0.4, -0.2) is 44.0 Å². The van der Waals surface area contributed by atoms with Crippen molar-refractivity contribution in [1.29, 1.82) is 0 Å². The number of benzene rings is 2. The molecule has 30 heavy (non-hydrogen) atoms. The van der Waals surface area contributed by atoms with E-state index in [1.54, 1.807) is 20.3 Å². The predicted octanol–water partition coefficient (Wildman–Crippen LogP) is 4.02. The Morgan fingerprint density at radius 1 is 1.03 bits per heavy atom. The molecule has 2 aromatic carbocycles. The molecule has 1 aliphatic heterocycles. The van der Waals surface area contributed by atoms with Crippen LogP contribution in [0.4, 0.5) is 0 Å². The molecule has 7 nitrogen and oxygen atoms in total. The molecule has 9 heteroatoms. The topological polar surface area (TPSA) is 81.1 Å². The zero-order chi connectivity index (χ0) is 21.5. The number of sulfonamides is 1. The van der Waals surface area contributed by atoms with E-state index in [9.17, 15) is 8.42 Å². The fourth-order valence-corrected chi connectivity index (χ4v) is 4.65. The Balaban J connectivity index is 1.76. The molecule has 1 atom stereocenters. The third-order valence-corrected chi connectivity index (χ3v) is 6.32. The minimum atomic E-state index is -3.62. The summed E-state index contributed by atoms with van der Waals surface area (Å²) in [6.45, 7) is 0. The second kappa shape index (κ2) is 7.77. The van der Waals surface area contributed by atoms with Gasteiger partial charge in [-0.25, -0.2) is 13.4 Å². The molecular weight excluding hydrogens is 426 g/mol. The van der Waals surface area contributed by atoms with Crippen molar-refractivity contribution in [1.82, 2.24) is 9.40 Å². The van der Waals surface area contributed by atoms with Crippen LogP contribution in [0.1, 0.15) is 23.6 Å². The van der Waals surface area contributed by atoms with E-state index in [2.05, 4.69) is 10.1 Å². The molecule has 0 amide bonds. The Kier molecular flexibility index (Phi) is 5.29. The van der Waals surface area contributed by atoms with Crippen molar-refractivity contribution in [2.45, 2.75) is 12.5 Å². The molecular formula is C21H20ClN3O4S. The van der Waals surface area contributed by atoms with Gasteiger partial charge in [0.2, 0.25) is 10.0 Å². The molecule has 0 bridgehead atoms. The molecule has 0 unspecified atom stereocenters. The van der Waals surface area contributed by atoms with Gasteiger partial charge in [0, 0.05) is 23.4 Å². The molecule has 0 N–H and O–H groups in total. The van der Waals surface area contributed by atoms with Crippen molar-refractivity contribution in [3.63, 3.8) is 0 Å². The Bertz CT molecular complexity index is 1240. The number of hydrogen-bond donors (Lipinski definition) is 0. The summed E-state index contributed by atoms with van der Waals surface area (Å²) >= 11 is 6.49. The maximum absolute atomic E-state index is 12.5. The molecule has 156 valence electrons. The van der Waals surface area contributed by atoms with E-state index in [1.165, 1.54) is 0 Å².